The standard InChI is InChI=1S/C17H19Br2NO2/c1-10-6-7-13(11(2)15(10)19)14-8-12(18)9-20(14)16(21)22-17(3,4)5/h6-9H,1-5H3. The lowest BCUT2D eigenvalue weighted by Gasteiger charge is -2.21. The summed E-state index contributed by atoms with van der Waals surface area (Å²) in [7, 11) is 0. The molecule has 0 amide bonds. The Balaban J connectivity index is 2.54. The molecule has 0 atom stereocenters. The SMILES string of the molecule is Cc1ccc(-c2cc(Br)cn2C(=O)OC(C)(C)C)c(C)c1Br. The lowest BCUT2D eigenvalue weighted by atomic mass is 10.0. The average molecular weight is 429 g/mol. The van der Waals surface area contributed by atoms with Crippen LogP contribution < -0.4 is 0 Å². The van der Waals surface area contributed by atoms with Crippen molar-refractivity contribution in [1.29, 1.82) is 0 Å². The maximum Gasteiger partial charge on any atom is 0.419 e. The van der Waals surface area contributed by atoms with Crippen molar-refractivity contribution in [3.05, 3.63) is 44.5 Å². The van der Waals surface area contributed by atoms with Crippen molar-refractivity contribution in [3.63, 3.8) is 0 Å². The predicted molar refractivity (Wildman–Crippen MR) is 96.4 cm³/mol. The van der Waals surface area contributed by atoms with Gasteiger partial charge in [0.15, 0.2) is 0 Å². The molecular formula is C17H19Br2NO2. The summed E-state index contributed by atoms with van der Waals surface area (Å²) in [6, 6.07) is 5.98. The van der Waals surface area contributed by atoms with Crippen LogP contribution in [0.1, 0.15) is 31.9 Å². The van der Waals surface area contributed by atoms with E-state index in [0.29, 0.717) is 0 Å². The number of aromatic nitrogens is 1. The number of carbonyl (C=O) groups excluding carboxylic acids is 1. The molecule has 1 heterocycles. The normalized spacial score (nSPS) is 11.6. The van der Waals surface area contributed by atoms with Crippen LogP contribution in [0.25, 0.3) is 11.3 Å². The summed E-state index contributed by atoms with van der Waals surface area (Å²) in [5.41, 5.74) is 3.52. The maximum atomic E-state index is 12.4. The molecule has 0 bridgehead atoms. The Morgan fingerprint density at radius 1 is 1.18 bits per heavy atom. The van der Waals surface area contributed by atoms with Crippen molar-refractivity contribution in [3.8, 4) is 11.3 Å². The van der Waals surface area contributed by atoms with Gasteiger partial charge >= 0.3 is 6.09 Å². The molecule has 2 aromatic rings. The zero-order valence-electron chi connectivity index (χ0n) is 13.3. The first-order valence-corrected chi connectivity index (χ1v) is 8.56. The Morgan fingerprint density at radius 2 is 1.82 bits per heavy atom. The summed E-state index contributed by atoms with van der Waals surface area (Å²) in [6.45, 7) is 9.65. The van der Waals surface area contributed by atoms with Crippen LogP contribution in [0.5, 0.6) is 0 Å². The van der Waals surface area contributed by atoms with Gasteiger partial charge in [-0.2, -0.15) is 0 Å². The molecule has 0 unspecified atom stereocenters. The highest BCUT2D eigenvalue weighted by Gasteiger charge is 2.22. The number of ether oxygens (including phenoxy) is 1. The smallest absolute Gasteiger partial charge is 0.419 e. The lowest BCUT2D eigenvalue weighted by Crippen LogP contribution is -2.27. The van der Waals surface area contributed by atoms with Crippen molar-refractivity contribution >= 4 is 38.0 Å². The average Bonchev–Trinajstić information content (AvgIpc) is 2.76. The number of aryl methyl sites for hydroxylation is 1. The Bertz CT molecular complexity index is 727. The Hall–Kier alpha value is -1.07. The number of hydrogen-bond donors (Lipinski definition) is 0. The van der Waals surface area contributed by atoms with Gasteiger partial charge in [-0.1, -0.05) is 28.1 Å². The summed E-state index contributed by atoms with van der Waals surface area (Å²) < 4.78 is 8.92. The molecule has 22 heavy (non-hydrogen) atoms. The van der Waals surface area contributed by atoms with Crippen LogP contribution in [0.15, 0.2) is 33.3 Å². The first-order chi connectivity index (χ1) is 10.1. The van der Waals surface area contributed by atoms with Crippen molar-refractivity contribution in [2.75, 3.05) is 0 Å². The number of rotatable bonds is 1. The maximum absolute atomic E-state index is 12.4. The van der Waals surface area contributed by atoms with Gasteiger partial charge in [0.05, 0.1) is 5.69 Å². The van der Waals surface area contributed by atoms with Gasteiger partial charge in [-0.05, 0) is 67.7 Å². The van der Waals surface area contributed by atoms with E-state index in [1.54, 1.807) is 10.8 Å². The van der Waals surface area contributed by atoms with Gasteiger partial charge in [-0.25, -0.2) is 4.79 Å². The van der Waals surface area contributed by atoms with Gasteiger partial charge in [-0.3, -0.25) is 4.57 Å². The molecule has 1 aromatic heterocycles. The van der Waals surface area contributed by atoms with E-state index in [9.17, 15) is 4.79 Å². The van der Waals surface area contributed by atoms with Crippen LogP contribution in [-0.4, -0.2) is 16.3 Å². The Kier molecular flexibility index (Phi) is 4.87. The third kappa shape index (κ3) is 3.63. The van der Waals surface area contributed by atoms with E-state index in [-0.39, 0.29) is 6.09 Å². The second kappa shape index (κ2) is 6.20. The zero-order chi connectivity index (χ0) is 16.7. The van der Waals surface area contributed by atoms with Crippen molar-refractivity contribution in [1.82, 2.24) is 4.57 Å². The molecule has 0 aliphatic heterocycles. The molecule has 1 aromatic carbocycles. The van der Waals surface area contributed by atoms with Crippen molar-refractivity contribution in [2.24, 2.45) is 0 Å². The Labute approximate surface area is 147 Å². The van der Waals surface area contributed by atoms with Crippen LogP contribution in [-0.2, 0) is 4.74 Å². The number of nitrogens with zero attached hydrogens (tertiary/aromatic N) is 1. The van der Waals surface area contributed by atoms with E-state index >= 15 is 0 Å². The molecule has 0 aliphatic rings. The third-order valence-electron chi connectivity index (χ3n) is 3.23. The monoisotopic (exact) mass is 427 g/mol. The molecule has 0 radical (unpaired) electrons. The van der Waals surface area contributed by atoms with Crippen molar-refractivity contribution < 1.29 is 9.53 Å². The van der Waals surface area contributed by atoms with Gasteiger partial charge in [0.2, 0.25) is 0 Å². The summed E-state index contributed by atoms with van der Waals surface area (Å²) in [5.74, 6) is 0. The van der Waals surface area contributed by atoms with E-state index in [0.717, 1.165) is 31.3 Å². The molecule has 0 N–H and O–H groups in total. The van der Waals surface area contributed by atoms with Gasteiger partial charge in [0, 0.05) is 20.7 Å². The summed E-state index contributed by atoms with van der Waals surface area (Å²) >= 11 is 7.05. The first kappa shape index (κ1) is 17.3. The van der Waals surface area contributed by atoms with Crippen LogP contribution in [0.3, 0.4) is 0 Å². The van der Waals surface area contributed by atoms with E-state index in [1.165, 1.54) is 0 Å². The molecule has 5 heteroatoms. The molecule has 0 saturated carbocycles. The topological polar surface area (TPSA) is 31.2 Å². The predicted octanol–water partition coefficient (Wildman–Crippen LogP) is 6.08. The highest BCUT2D eigenvalue weighted by Crippen LogP contribution is 2.33. The molecule has 0 saturated heterocycles. The molecule has 118 valence electrons. The summed E-state index contributed by atoms with van der Waals surface area (Å²) in [4.78, 5) is 12.4. The molecular weight excluding hydrogens is 410 g/mol. The van der Waals surface area contributed by atoms with Crippen LogP contribution in [0, 0.1) is 13.8 Å². The van der Waals surface area contributed by atoms with E-state index in [4.69, 9.17) is 4.74 Å². The van der Waals surface area contributed by atoms with Crippen molar-refractivity contribution in [2.45, 2.75) is 40.2 Å². The third-order valence-corrected chi connectivity index (χ3v) is 4.89. The minimum Gasteiger partial charge on any atom is -0.443 e. The van der Waals surface area contributed by atoms with E-state index in [1.807, 2.05) is 52.8 Å². The van der Waals surface area contributed by atoms with Gasteiger partial charge in [0.1, 0.15) is 5.60 Å². The highest BCUT2D eigenvalue weighted by molar-refractivity contribution is 9.10. The summed E-state index contributed by atoms with van der Waals surface area (Å²) in [6.07, 6.45) is 1.35. The van der Waals surface area contributed by atoms with Gasteiger partial charge in [-0.15, -0.1) is 0 Å². The first-order valence-electron chi connectivity index (χ1n) is 6.97. The number of benzene rings is 1. The lowest BCUT2D eigenvalue weighted by molar-refractivity contribution is 0.0540. The molecule has 2 rings (SSSR count). The number of halogens is 2. The quantitative estimate of drug-likeness (QED) is 0.550. The highest BCUT2D eigenvalue weighted by atomic mass is 79.9. The van der Waals surface area contributed by atoms with Crippen LogP contribution in [0.4, 0.5) is 4.79 Å². The zero-order valence-corrected chi connectivity index (χ0v) is 16.5. The molecule has 0 fully saturated rings. The minimum atomic E-state index is -0.534. The van der Waals surface area contributed by atoms with E-state index < -0.39 is 5.60 Å². The fourth-order valence-electron chi connectivity index (χ4n) is 2.20. The number of carbonyl (C=O) groups is 1. The van der Waals surface area contributed by atoms with Crippen LogP contribution in [0.2, 0.25) is 0 Å². The second-order valence-corrected chi connectivity index (χ2v) is 7.97. The molecule has 3 nitrogen and oxygen atoms in total. The molecule has 0 aliphatic carbocycles. The second-order valence-electron chi connectivity index (χ2n) is 6.26. The van der Waals surface area contributed by atoms with Gasteiger partial charge < -0.3 is 4.74 Å². The fraction of sp³-hybridized carbons (Fsp3) is 0.353. The largest absolute Gasteiger partial charge is 0.443 e. The summed E-state index contributed by atoms with van der Waals surface area (Å²) in [5, 5.41) is 0. The van der Waals surface area contributed by atoms with Crippen LogP contribution >= 0.6 is 31.9 Å². The Morgan fingerprint density at radius 3 is 2.41 bits per heavy atom. The van der Waals surface area contributed by atoms with E-state index in [2.05, 4.69) is 31.9 Å². The number of hydrogen-bond acceptors (Lipinski definition) is 2. The van der Waals surface area contributed by atoms with Gasteiger partial charge in [0.25, 0.3) is 0 Å². The minimum absolute atomic E-state index is 0.385. The molecule has 0 spiro atoms. The fourth-order valence-corrected chi connectivity index (χ4v) is 2.97.